The summed E-state index contributed by atoms with van der Waals surface area (Å²) >= 11 is 0. The standard InChI is InChI=1S/C35H37N7O2/c1-36-9-10-39-17-22(16-37-39)19-42-33-27(38-34(42)30-13-23-5-3-4-6-28(23)40(30)18-21-7-8-21)12-25(15-31(33)44-2)35(43)41-20-26-11-24-14-29(41)32(24)26/h3-6,9,12-13,15-17,21,24,26,29,32H,7-8,10-11,14,18-20H2,1-2H3/t24?,26?,29?,32-/m1/s1. The number of fused-ring (bicyclic) bond motifs is 2. The van der Waals surface area contributed by atoms with Crippen molar-refractivity contribution in [1.29, 1.82) is 0 Å². The molecule has 44 heavy (non-hydrogen) atoms. The molecule has 4 heterocycles. The highest BCUT2D eigenvalue weighted by molar-refractivity contribution is 6.00. The fourth-order valence-corrected chi connectivity index (χ4v) is 8.31. The van der Waals surface area contributed by atoms with Crippen LogP contribution in [0.25, 0.3) is 33.5 Å². The number of para-hydroxylation sites is 1. The number of likely N-dealkylation sites (tertiary alicyclic amines) is 1. The van der Waals surface area contributed by atoms with E-state index in [1.807, 2.05) is 29.2 Å². The van der Waals surface area contributed by atoms with Crippen LogP contribution in [0.2, 0.25) is 0 Å². The van der Waals surface area contributed by atoms with Gasteiger partial charge in [-0.3, -0.25) is 14.5 Å². The largest absolute Gasteiger partial charge is 0.494 e. The number of imidazole rings is 1. The lowest BCUT2D eigenvalue weighted by Crippen LogP contribution is -2.53. The lowest BCUT2D eigenvalue weighted by molar-refractivity contribution is -0.0204. The number of carbonyl (C=O) groups is 1. The van der Waals surface area contributed by atoms with E-state index in [0.717, 1.165) is 59.5 Å². The first kappa shape index (κ1) is 26.0. The zero-order valence-electron chi connectivity index (χ0n) is 25.3. The van der Waals surface area contributed by atoms with Crippen LogP contribution in [-0.4, -0.2) is 67.7 Å². The highest BCUT2D eigenvalue weighted by Crippen LogP contribution is 2.60. The fraction of sp³-hybridized carbons (Fsp3) is 0.429. The van der Waals surface area contributed by atoms with Gasteiger partial charge in [0, 0.05) is 60.6 Å². The third-order valence-corrected chi connectivity index (χ3v) is 10.7. The number of ether oxygens (including phenoxy) is 1. The summed E-state index contributed by atoms with van der Waals surface area (Å²) in [4.78, 5) is 25.5. The van der Waals surface area contributed by atoms with Crippen LogP contribution in [0.5, 0.6) is 5.75 Å². The summed E-state index contributed by atoms with van der Waals surface area (Å²) in [5.41, 5.74) is 5.73. The molecule has 1 amide bonds. The van der Waals surface area contributed by atoms with Crippen LogP contribution in [0.3, 0.4) is 0 Å². The molecule has 2 aromatic carbocycles. The van der Waals surface area contributed by atoms with Gasteiger partial charge in [-0.25, -0.2) is 4.98 Å². The summed E-state index contributed by atoms with van der Waals surface area (Å²) in [7, 11) is 3.47. The first-order chi connectivity index (χ1) is 21.6. The summed E-state index contributed by atoms with van der Waals surface area (Å²) < 4.78 is 12.6. The van der Waals surface area contributed by atoms with Crippen LogP contribution >= 0.6 is 0 Å². The van der Waals surface area contributed by atoms with Gasteiger partial charge in [-0.15, -0.1) is 0 Å². The third kappa shape index (κ3) is 3.97. The Kier molecular flexibility index (Phi) is 5.80. The molecule has 1 saturated heterocycles. The molecule has 5 aromatic rings. The number of hydrogen-bond donors (Lipinski definition) is 0. The van der Waals surface area contributed by atoms with Crippen LogP contribution in [0.4, 0.5) is 0 Å². The topological polar surface area (TPSA) is 82.5 Å². The normalized spacial score (nSPS) is 23.8. The van der Waals surface area contributed by atoms with Crippen LogP contribution in [-0.2, 0) is 19.6 Å². The highest BCUT2D eigenvalue weighted by Gasteiger charge is 2.61. The van der Waals surface area contributed by atoms with E-state index in [-0.39, 0.29) is 5.91 Å². The molecule has 4 fully saturated rings. The Hall–Kier alpha value is -4.40. The van der Waals surface area contributed by atoms with Gasteiger partial charge in [-0.1, -0.05) is 18.2 Å². The SMILES string of the molecule is CN=CCn1cc(Cn2c(-c3cc4ccccc4n3CC3CC3)nc3cc(C(=O)N4CC5CC6CC4[C@H]65)cc(OC)c32)cn1. The maximum absolute atomic E-state index is 14.0. The number of benzene rings is 2. The van der Waals surface area contributed by atoms with Crippen molar-refractivity contribution >= 4 is 34.1 Å². The summed E-state index contributed by atoms with van der Waals surface area (Å²) in [6, 6.07) is 15.2. The molecule has 9 heteroatoms. The Morgan fingerprint density at radius 1 is 1.11 bits per heavy atom. The van der Waals surface area contributed by atoms with Gasteiger partial charge in [-0.05, 0) is 73.6 Å². The van der Waals surface area contributed by atoms with Gasteiger partial charge in [0.05, 0.1) is 37.6 Å². The molecular formula is C35H37N7O2. The van der Waals surface area contributed by atoms with Crippen molar-refractivity contribution in [3.05, 3.63) is 66.0 Å². The van der Waals surface area contributed by atoms with Crippen molar-refractivity contribution < 1.29 is 9.53 Å². The molecule has 224 valence electrons. The van der Waals surface area contributed by atoms with Crippen molar-refractivity contribution in [1.82, 2.24) is 28.8 Å². The molecule has 3 aliphatic carbocycles. The minimum absolute atomic E-state index is 0.112. The predicted molar refractivity (Wildman–Crippen MR) is 170 cm³/mol. The predicted octanol–water partition coefficient (Wildman–Crippen LogP) is 5.50. The van der Waals surface area contributed by atoms with Gasteiger partial charge in [0.25, 0.3) is 5.91 Å². The van der Waals surface area contributed by atoms with E-state index >= 15 is 0 Å². The Morgan fingerprint density at radius 3 is 2.80 bits per heavy atom. The van der Waals surface area contributed by atoms with Crippen molar-refractivity contribution in [3.63, 3.8) is 0 Å². The molecule has 0 N–H and O–H groups in total. The van der Waals surface area contributed by atoms with E-state index in [4.69, 9.17) is 9.72 Å². The molecule has 0 spiro atoms. The van der Waals surface area contributed by atoms with E-state index < -0.39 is 0 Å². The number of aliphatic imine (C=N–C) groups is 1. The molecule has 3 saturated carbocycles. The quantitative estimate of drug-likeness (QED) is 0.213. The smallest absolute Gasteiger partial charge is 0.254 e. The van der Waals surface area contributed by atoms with E-state index in [2.05, 4.69) is 60.7 Å². The second-order valence-corrected chi connectivity index (χ2v) is 13.3. The van der Waals surface area contributed by atoms with E-state index in [1.165, 1.54) is 30.2 Å². The summed E-state index contributed by atoms with van der Waals surface area (Å²) in [6.45, 7) is 3.06. The Bertz CT molecular complexity index is 1960. The number of hydrogen-bond acceptors (Lipinski definition) is 5. The van der Waals surface area contributed by atoms with E-state index in [9.17, 15) is 4.79 Å². The number of amides is 1. The zero-order chi connectivity index (χ0) is 29.5. The molecule has 9 nitrogen and oxygen atoms in total. The Balaban J connectivity index is 1.19. The van der Waals surface area contributed by atoms with Crippen molar-refractivity contribution in [3.8, 4) is 17.3 Å². The molecular weight excluding hydrogens is 550 g/mol. The van der Waals surface area contributed by atoms with Crippen LogP contribution in [0, 0.1) is 23.7 Å². The maximum atomic E-state index is 14.0. The maximum Gasteiger partial charge on any atom is 0.254 e. The van der Waals surface area contributed by atoms with Crippen LogP contribution in [0.1, 0.15) is 41.6 Å². The summed E-state index contributed by atoms with van der Waals surface area (Å²) in [6.07, 6.45) is 10.8. The average molecular weight is 588 g/mol. The van der Waals surface area contributed by atoms with Gasteiger partial charge >= 0.3 is 0 Å². The van der Waals surface area contributed by atoms with Crippen LogP contribution in [0.15, 0.2) is 59.9 Å². The number of carbonyl (C=O) groups excluding carboxylic acids is 1. The van der Waals surface area contributed by atoms with Crippen molar-refractivity contribution in [2.24, 2.45) is 28.7 Å². The van der Waals surface area contributed by atoms with Crippen molar-refractivity contribution in [2.45, 2.75) is 51.4 Å². The van der Waals surface area contributed by atoms with E-state index in [1.54, 1.807) is 14.2 Å². The molecule has 4 atom stereocenters. The zero-order valence-corrected chi connectivity index (χ0v) is 25.3. The molecule has 1 aliphatic heterocycles. The minimum atomic E-state index is 0.112. The third-order valence-electron chi connectivity index (χ3n) is 10.7. The molecule has 3 aromatic heterocycles. The molecule has 0 radical (unpaired) electrons. The number of nitrogens with zero attached hydrogens (tertiary/aromatic N) is 7. The molecule has 4 aliphatic rings. The van der Waals surface area contributed by atoms with Crippen molar-refractivity contribution in [2.75, 3.05) is 20.7 Å². The lowest BCUT2D eigenvalue weighted by atomic mass is 9.53. The van der Waals surface area contributed by atoms with E-state index in [0.29, 0.717) is 42.3 Å². The van der Waals surface area contributed by atoms with Gasteiger partial charge in [0.15, 0.2) is 5.82 Å². The monoisotopic (exact) mass is 587 g/mol. The summed E-state index contributed by atoms with van der Waals surface area (Å²) in [5, 5.41) is 5.78. The second-order valence-electron chi connectivity index (χ2n) is 13.3. The van der Waals surface area contributed by atoms with Gasteiger partial charge in [0.1, 0.15) is 11.3 Å². The molecule has 3 unspecified atom stereocenters. The highest BCUT2D eigenvalue weighted by atomic mass is 16.5. The first-order valence-corrected chi connectivity index (χ1v) is 16.0. The fourth-order valence-electron chi connectivity index (χ4n) is 8.31. The van der Waals surface area contributed by atoms with Crippen LogP contribution < -0.4 is 4.74 Å². The lowest BCUT2D eigenvalue weighted by Gasteiger charge is -2.52. The summed E-state index contributed by atoms with van der Waals surface area (Å²) in [5.74, 6) is 4.63. The minimum Gasteiger partial charge on any atom is -0.494 e. The molecule has 9 rings (SSSR count). The second kappa shape index (κ2) is 9.81. The Morgan fingerprint density at radius 2 is 2.00 bits per heavy atom. The first-order valence-electron chi connectivity index (χ1n) is 16.0. The number of aromatic nitrogens is 5. The number of methoxy groups -OCH3 is 1. The number of rotatable bonds is 9. The average Bonchev–Trinajstić information content (AvgIpc) is 3.45. The molecule has 0 bridgehead atoms. The van der Waals surface area contributed by atoms with Gasteiger partial charge in [-0.2, -0.15) is 5.10 Å². The van der Waals surface area contributed by atoms with Gasteiger partial charge < -0.3 is 18.8 Å². The Labute approximate surface area is 256 Å². The van der Waals surface area contributed by atoms with Gasteiger partial charge in [0.2, 0.25) is 0 Å².